The third-order valence-corrected chi connectivity index (χ3v) is 6.05. The molecule has 2 aromatic carbocycles. The fourth-order valence-electron chi connectivity index (χ4n) is 3.12. The Morgan fingerprint density at radius 2 is 1.69 bits per heavy atom. The van der Waals surface area contributed by atoms with Crippen LogP contribution in [0.4, 0.5) is 0 Å². The first-order valence-electron chi connectivity index (χ1n) is 9.09. The van der Waals surface area contributed by atoms with Crippen molar-refractivity contribution in [3.05, 3.63) is 66.2 Å². The summed E-state index contributed by atoms with van der Waals surface area (Å²) in [5, 5.41) is 0. The van der Waals surface area contributed by atoms with Crippen molar-refractivity contribution < 1.29 is 13.2 Å². The van der Waals surface area contributed by atoms with Gasteiger partial charge in [-0.15, -0.1) is 0 Å². The van der Waals surface area contributed by atoms with Crippen LogP contribution in [-0.2, 0) is 14.8 Å². The van der Waals surface area contributed by atoms with Crippen molar-refractivity contribution in [2.45, 2.75) is 23.8 Å². The molecule has 0 bridgehead atoms. The number of nitrogens with one attached hydrogen (secondary N) is 1. The zero-order chi connectivity index (χ0) is 18.2. The zero-order valence-corrected chi connectivity index (χ0v) is 15.7. The fourth-order valence-corrected chi connectivity index (χ4v) is 4.22. The molecule has 6 heteroatoms. The van der Waals surface area contributed by atoms with Gasteiger partial charge in [0, 0.05) is 19.6 Å². The number of benzene rings is 2. The lowest BCUT2D eigenvalue weighted by Crippen LogP contribution is -2.39. The van der Waals surface area contributed by atoms with Crippen LogP contribution in [0, 0.1) is 0 Å². The van der Waals surface area contributed by atoms with Gasteiger partial charge in [0.15, 0.2) is 0 Å². The van der Waals surface area contributed by atoms with Crippen molar-refractivity contribution in [2.24, 2.45) is 0 Å². The van der Waals surface area contributed by atoms with Crippen LogP contribution in [-0.4, -0.2) is 46.1 Å². The summed E-state index contributed by atoms with van der Waals surface area (Å²) >= 11 is 0. The van der Waals surface area contributed by atoms with E-state index < -0.39 is 10.0 Å². The molecule has 1 aliphatic rings. The van der Waals surface area contributed by atoms with Crippen LogP contribution in [0.25, 0.3) is 0 Å². The first kappa shape index (κ1) is 19.0. The molecule has 0 saturated carbocycles. The monoisotopic (exact) mass is 374 g/mol. The smallest absolute Gasteiger partial charge is 0.240 e. The van der Waals surface area contributed by atoms with E-state index in [4.69, 9.17) is 4.74 Å². The number of sulfonamides is 1. The highest BCUT2D eigenvalue weighted by Gasteiger charge is 2.21. The second kappa shape index (κ2) is 9.28. The van der Waals surface area contributed by atoms with Gasteiger partial charge in [-0.1, -0.05) is 48.5 Å². The molecular formula is C20H26N2O3S. The molecule has 1 atom stereocenters. The molecule has 0 spiro atoms. The molecule has 5 nitrogen and oxygen atoms in total. The third kappa shape index (κ3) is 5.38. The van der Waals surface area contributed by atoms with Gasteiger partial charge in [0.25, 0.3) is 0 Å². The topological polar surface area (TPSA) is 58.6 Å². The van der Waals surface area contributed by atoms with E-state index in [1.54, 1.807) is 24.3 Å². The Hall–Kier alpha value is -1.73. The summed E-state index contributed by atoms with van der Waals surface area (Å²) < 4.78 is 32.9. The summed E-state index contributed by atoms with van der Waals surface area (Å²) in [6, 6.07) is 18.8. The van der Waals surface area contributed by atoms with Gasteiger partial charge >= 0.3 is 0 Å². The van der Waals surface area contributed by atoms with E-state index in [0.717, 1.165) is 39.1 Å². The van der Waals surface area contributed by atoms with Crippen molar-refractivity contribution in [3.8, 4) is 0 Å². The highest BCUT2D eigenvalue weighted by atomic mass is 32.2. The average molecular weight is 375 g/mol. The normalized spacial score (nSPS) is 18.7. The molecule has 1 fully saturated rings. The van der Waals surface area contributed by atoms with Gasteiger partial charge in [-0.25, -0.2) is 13.1 Å². The number of ether oxygens (including phenoxy) is 1. The van der Waals surface area contributed by atoms with E-state index in [0.29, 0.717) is 11.4 Å². The van der Waals surface area contributed by atoms with Crippen molar-refractivity contribution in [3.63, 3.8) is 0 Å². The van der Waals surface area contributed by atoms with Gasteiger partial charge in [0.05, 0.1) is 17.6 Å². The summed E-state index contributed by atoms with van der Waals surface area (Å²) in [6.07, 6.45) is 1.90. The minimum Gasteiger partial charge on any atom is -0.371 e. The van der Waals surface area contributed by atoms with Gasteiger partial charge in [0.1, 0.15) is 0 Å². The number of rotatable bonds is 8. The average Bonchev–Trinajstić information content (AvgIpc) is 2.69. The molecule has 140 valence electrons. The van der Waals surface area contributed by atoms with E-state index in [-0.39, 0.29) is 6.10 Å². The molecule has 1 aliphatic heterocycles. The Morgan fingerprint density at radius 1 is 1.00 bits per heavy atom. The van der Waals surface area contributed by atoms with Crippen LogP contribution in [0.5, 0.6) is 0 Å². The molecular weight excluding hydrogens is 348 g/mol. The second-order valence-corrected chi connectivity index (χ2v) is 8.26. The predicted molar refractivity (Wildman–Crippen MR) is 102 cm³/mol. The standard InChI is InChI=1S/C20H26N2O3S/c23-26(24,19-11-5-2-6-12-19)21-13-7-8-14-22-15-16-25-20(17-22)18-9-3-1-4-10-18/h1-6,9-12,20-21H,7-8,13-17H2/t20-/m1/s1. The molecule has 26 heavy (non-hydrogen) atoms. The Bertz CT molecular complexity index is 766. The van der Waals surface area contributed by atoms with Crippen molar-refractivity contribution in [1.29, 1.82) is 0 Å². The Balaban J connectivity index is 1.38. The number of unbranched alkanes of at least 4 members (excludes halogenated alkanes) is 1. The summed E-state index contributed by atoms with van der Waals surface area (Å²) in [7, 11) is -3.39. The minimum absolute atomic E-state index is 0.126. The van der Waals surface area contributed by atoms with E-state index in [1.165, 1.54) is 5.56 Å². The predicted octanol–water partition coefficient (Wildman–Crippen LogP) is 2.82. The van der Waals surface area contributed by atoms with Gasteiger partial charge in [0.2, 0.25) is 10.0 Å². The zero-order valence-electron chi connectivity index (χ0n) is 14.9. The van der Waals surface area contributed by atoms with Crippen LogP contribution in [0.15, 0.2) is 65.6 Å². The van der Waals surface area contributed by atoms with E-state index in [9.17, 15) is 8.42 Å². The number of hydrogen-bond donors (Lipinski definition) is 1. The van der Waals surface area contributed by atoms with Gasteiger partial charge in [-0.2, -0.15) is 0 Å². The van der Waals surface area contributed by atoms with Gasteiger partial charge < -0.3 is 4.74 Å². The van der Waals surface area contributed by atoms with Crippen LogP contribution < -0.4 is 4.72 Å². The summed E-state index contributed by atoms with van der Waals surface area (Å²) in [5.41, 5.74) is 1.22. The molecule has 0 aromatic heterocycles. The SMILES string of the molecule is O=S(=O)(NCCCCN1CCO[C@@H](c2ccccc2)C1)c1ccccc1. The van der Waals surface area contributed by atoms with Crippen LogP contribution >= 0.6 is 0 Å². The highest BCUT2D eigenvalue weighted by Crippen LogP contribution is 2.22. The van der Waals surface area contributed by atoms with E-state index in [2.05, 4.69) is 21.8 Å². The molecule has 3 rings (SSSR count). The van der Waals surface area contributed by atoms with Crippen LogP contribution in [0.3, 0.4) is 0 Å². The lowest BCUT2D eigenvalue weighted by Gasteiger charge is -2.33. The van der Waals surface area contributed by atoms with Gasteiger partial charge in [-0.05, 0) is 37.1 Å². The van der Waals surface area contributed by atoms with Crippen molar-refractivity contribution in [1.82, 2.24) is 9.62 Å². The first-order chi connectivity index (χ1) is 12.6. The molecule has 0 radical (unpaired) electrons. The maximum absolute atomic E-state index is 12.2. The molecule has 0 unspecified atom stereocenters. The lowest BCUT2D eigenvalue weighted by atomic mass is 10.1. The first-order valence-corrected chi connectivity index (χ1v) is 10.6. The lowest BCUT2D eigenvalue weighted by molar-refractivity contribution is -0.0303. The molecule has 1 N–H and O–H groups in total. The number of morpholine rings is 1. The Labute approximate surface area is 156 Å². The molecule has 0 amide bonds. The molecule has 1 saturated heterocycles. The van der Waals surface area contributed by atoms with Crippen LogP contribution in [0.1, 0.15) is 24.5 Å². The largest absolute Gasteiger partial charge is 0.371 e. The minimum atomic E-state index is -3.39. The summed E-state index contributed by atoms with van der Waals surface area (Å²) in [6.45, 7) is 3.97. The summed E-state index contributed by atoms with van der Waals surface area (Å²) in [4.78, 5) is 2.71. The Morgan fingerprint density at radius 3 is 2.42 bits per heavy atom. The maximum atomic E-state index is 12.2. The number of hydrogen-bond acceptors (Lipinski definition) is 4. The highest BCUT2D eigenvalue weighted by molar-refractivity contribution is 7.89. The summed E-state index contributed by atoms with van der Waals surface area (Å²) in [5.74, 6) is 0. The molecule has 2 aromatic rings. The quantitative estimate of drug-likeness (QED) is 0.722. The van der Waals surface area contributed by atoms with Crippen molar-refractivity contribution in [2.75, 3.05) is 32.8 Å². The van der Waals surface area contributed by atoms with Crippen molar-refractivity contribution >= 4 is 10.0 Å². The van der Waals surface area contributed by atoms with Gasteiger partial charge in [-0.3, -0.25) is 4.90 Å². The molecule has 1 heterocycles. The van der Waals surface area contributed by atoms with E-state index >= 15 is 0 Å². The molecule has 0 aliphatic carbocycles. The maximum Gasteiger partial charge on any atom is 0.240 e. The fraction of sp³-hybridized carbons (Fsp3) is 0.400. The van der Waals surface area contributed by atoms with E-state index in [1.807, 2.05) is 24.3 Å². The Kier molecular flexibility index (Phi) is 6.80. The number of nitrogens with zero attached hydrogens (tertiary/aromatic N) is 1. The second-order valence-electron chi connectivity index (χ2n) is 6.49. The third-order valence-electron chi connectivity index (χ3n) is 4.57. The van der Waals surface area contributed by atoms with Crippen LogP contribution in [0.2, 0.25) is 0 Å².